The number of likely N-dealkylation sites (N-methyl/N-ethyl adjacent to an activating group) is 1. The number of nitrogens with one attached hydrogen (secondary N) is 1. The van der Waals surface area contributed by atoms with Crippen molar-refractivity contribution in [2.45, 2.75) is 6.42 Å². The molecule has 0 fully saturated rings. The third kappa shape index (κ3) is 5.78. The van der Waals surface area contributed by atoms with Gasteiger partial charge in [-0.3, -0.25) is 9.59 Å². The summed E-state index contributed by atoms with van der Waals surface area (Å²) in [5.41, 5.74) is 2.56. The number of benzene rings is 2. The highest BCUT2D eigenvalue weighted by Crippen LogP contribution is 2.33. The summed E-state index contributed by atoms with van der Waals surface area (Å²) in [4.78, 5) is 31.7. The summed E-state index contributed by atoms with van der Waals surface area (Å²) in [6.07, 6.45) is 0.712. The molecule has 1 N–H and O–H groups in total. The Labute approximate surface area is 193 Å². The number of carbonyl (C=O) groups is 2. The van der Waals surface area contributed by atoms with Crippen molar-refractivity contribution >= 4 is 22.7 Å². The van der Waals surface area contributed by atoms with Gasteiger partial charge in [-0.2, -0.15) is 0 Å². The molecule has 0 aliphatic heterocycles. The van der Waals surface area contributed by atoms with Gasteiger partial charge in [-0.1, -0.05) is 18.2 Å². The second-order valence-electron chi connectivity index (χ2n) is 7.50. The Morgan fingerprint density at radius 2 is 1.76 bits per heavy atom. The Kier molecular flexibility index (Phi) is 8.21. The summed E-state index contributed by atoms with van der Waals surface area (Å²) in [5, 5.41) is 3.52. The van der Waals surface area contributed by atoms with E-state index in [-0.39, 0.29) is 18.4 Å². The normalized spacial score (nSPS) is 10.7. The van der Waals surface area contributed by atoms with Crippen LogP contribution < -0.4 is 14.8 Å². The number of methoxy groups -OCH3 is 3. The molecule has 0 radical (unpaired) electrons. The molecule has 0 spiro atoms. The van der Waals surface area contributed by atoms with Gasteiger partial charge in [0.2, 0.25) is 5.91 Å². The van der Waals surface area contributed by atoms with Crippen LogP contribution in [0.3, 0.4) is 0 Å². The number of fused-ring (bicyclic) bond motifs is 1. The Hall–Kier alpha value is -3.65. The first kappa shape index (κ1) is 24.0. The highest BCUT2D eigenvalue weighted by Gasteiger charge is 2.20. The van der Waals surface area contributed by atoms with Gasteiger partial charge >= 0.3 is 0 Å². The molecule has 1 heterocycles. The van der Waals surface area contributed by atoms with E-state index in [0.29, 0.717) is 47.8 Å². The van der Waals surface area contributed by atoms with E-state index in [1.165, 1.54) is 4.90 Å². The summed E-state index contributed by atoms with van der Waals surface area (Å²) in [6.45, 7) is 1.02. The van der Waals surface area contributed by atoms with Crippen LogP contribution in [0.15, 0.2) is 48.5 Å². The van der Waals surface area contributed by atoms with E-state index in [1.54, 1.807) is 40.5 Å². The maximum absolute atomic E-state index is 13.3. The minimum atomic E-state index is -0.262. The van der Waals surface area contributed by atoms with Crippen LogP contribution in [0, 0.1) is 0 Å². The minimum Gasteiger partial charge on any atom is -0.493 e. The van der Waals surface area contributed by atoms with Crippen molar-refractivity contribution in [1.29, 1.82) is 0 Å². The Morgan fingerprint density at radius 3 is 2.48 bits per heavy atom. The zero-order valence-corrected chi connectivity index (χ0v) is 19.4. The first-order valence-corrected chi connectivity index (χ1v) is 10.6. The molecule has 0 atom stereocenters. The molecular formula is C25H29N3O5. The lowest BCUT2D eigenvalue weighted by Crippen LogP contribution is -2.39. The topological polar surface area (TPSA) is 90.0 Å². The highest BCUT2D eigenvalue weighted by molar-refractivity contribution is 6.07. The number of aromatic nitrogens is 1. The molecule has 3 rings (SSSR count). The summed E-state index contributed by atoms with van der Waals surface area (Å²) in [6, 6.07) is 14.7. The predicted molar refractivity (Wildman–Crippen MR) is 127 cm³/mol. The van der Waals surface area contributed by atoms with E-state index >= 15 is 0 Å². The van der Waals surface area contributed by atoms with Crippen molar-refractivity contribution in [1.82, 2.24) is 15.2 Å². The van der Waals surface area contributed by atoms with E-state index in [1.807, 2.05) is 36.4 Å². The standard InChI is InChI=1S/C25H29N3O5/c1-28(16-24(29)26-12-7-13-31-2)25(30)19-15-21(27-20-9-6-5-8-18(19)20)17-10-11-22(32-3)23(14-17)33-4/h5-6,8-11,14-15H,7,12-13,16H2,1-4H3,(H,26,29). The second-order valence-corrected chi connectivity index (χ2v) is 7.50. The van der Waals surface area contributed by atoms with Crippen molar-refractivity contribution in [2.75, 3.05) is 48.1 Å². The monoisotopic (exact) mass is 451 g/mol. The van der Waals surface area contributed by atoms with E-state index < -0.39 is 0 Å². The van der Waals surface area contributed by atoms with E-state index in [4.69, 9.17) is 19.2 Å². The van der Waals surface area contributed by atoms with Crippen LogP contribution in [0.4, 0.5) is 0 Å². The first-order valence-electron chi connectivity index (χ1n) is 10.6. The van der Waals surface area contributed by atoms with Crippen LogP contribution in [0.5, 0.6) is 11.5 Å². The molecule has 0 saturated heterocycles. The molecule has 33 heavy (non-hydrogen) atoms. The molecule has 2 aromatic carbocycles. The van der Waals surface area contributed by atoms with Crippen molar-refractivity contribution in [2.24, 2.45) is 0 Å². The smallest absolute Gasteiger partial charge is 0.254 e. The zero-order valence-electron chi connectivity index (χ0n) is 19.4. The van der Waals surface area contributed by atoms with Crippen LogP contribution in [0.1, 0.15) is 16.8 Å². The van der Waals surface area contributed by atoms with E-state index in [9.17, 15) is 9.59 Å². The molecule has 0 saturated carbocycles. The second kappa shape index (κ2) is 11.3. The molecule has 8 heteroatoms. The zero-order chi connectivity index (χ0) is 23.8. The maximum atomic E-state index is 13.3. The van der Waals surface area contributed by atoms with Crippen molar-refractivity contribution in [3.8, 4) is 22.8 Å². The fraction of sp³-hybridized carbons (Fsp3) is 0.320. The lowest BCUT2D eigenvalue weighted by molar-refractivity contribution is -0.121. The van der Waals surface area contributed by atoms with Gasteiger partial charge < -0.3 is 24.4 Å². The number of carbonyl (C=O) groups excluding carboxylic acids is 2. The van der Waals surface area contributed by atoms with Crippen molar-refractivity contribution in [3.63, 3.8) is 0 Å². The Balaban J connectivity index is 1.91. The van der Waals surface area contributed by atoms with Crippen LogP contribution in [-0.2, 0) is 9.53 Å². The number of rotatable bonds is 10. The number of hydrogen-bond acceptors (Lipinski definition) is 6. The molecular weight excluding hydrogens is 422 g/mol. The van der Waals surface area contributed by atoms with E-state index in [0.717, 1.165) is 10.9 Å². The fourth-order valence-corrected chi connectivity index (χ4v) is 3.49. The third-order valence-corrected chi connectivity index (χ3v) is 5.20. The van der Waals surface area contributed by atoms with Crippen LogP contribution in [0.25, 0.3) is 22.2 Å². The van der Waals surface area contributed by atoms with Crippen LogP contribution in [-0.4, -0.2) is 69.8 Å². The molecule has 0 aliphatic rings. The minimum absolute atomic E-state index is 0.0475. The molecule has 0 unspecified atom stereocenters. The van der Waals surface area contributed by atoms with Gasteiger partial charge in [0, 0.05) is 38.3 Å². The number of hydrogen-bond donors (Lipinski definition) is 1. The summed E-state index contributed by atoms with van der Waals surface area (Å²) < 4.78 is 15.7. The summed E-state index contributed by atoms with van der Waals surface area (Å²) in [5.74, 6) is 0.692. The van der Waals surface area contributed by atoms with Crippen molar-refractivity contribution < 1.29 is 23.8 Å². The van der Waals surface area contributed by atoms with Crippen LogP contribution >= 0.6 is 0 Å². The summed E-state index contributed by atoms with van der Waals surface area (Å²) >= 11 is 0. The van der Waals surface area contributed by atoms with Gasteiger partial charge in [0.25, 0.3) is 5.91 Å². The number of ether oxygens (including phenoxy) is 3. The van der Waals surface area contributed by atoms with E-state index in [2.05, 4.69) is 5.32 Å². The lowest BCUT2D eigenvalue weighted by atomic mass is 10.0. The predicted octanol–water partition coefficient (Wildman–Crippen LogP) is 3.14. The molecule has 2 amide bonds. The quantitative estimate of drug-likeness (QED) is 0.477. The third-order valence-electron chi connectivity index (χ3n) is 5.20. The van der Waals surface area contributed by atoms with Crippen molar-refractivity contribution in [3.05, 3.63) is 54.1 Å². The SMILES string of the molecule is COCCCNC(=O)CN(C)C(=O)c1cc(-c2ccc(OC)c(OC)c2)nc2ccccc12. The highest BCUT2D eigenvalue weighted by atomic mass is 16.5. The van der Waals surface area contributed by atoms with Gasteiger partial charge in [-0.15, -0.1) is 0 Å². The number of amides is 2. The van der Waals surface area contributed by atoms with Crippen LogP contribution in [0.2, 0.25) is 0 Å². The average molecular weight is 452 g/mol. The average Bonchev–Trinajstić information content (AvgIpc) is 2.84. The molecule has 0 aliphatic carbocycles. The molecule has 174 valence electrons. The Bertz CT molecular complexity index is 1130. The molecule has 0 bridgehead atoms. The van der Waals surface area contributed by atoms with Gasteiger partial charge in [-0.25, -0.2) is 4.98 Å². The van der Waals surface area contributed by atoms with Gasteiger partial charge in [0.15, 0.2) is 11.5 Å². The fourth-order valence-electron chi connectivity index (χ4n) is 3.49. The first-order chi connectivity index (χ1) is 16.0. The number of pyridine rings is 1. The largest absolute Gasteiger partial charge is 0.493 e. The molecule has 1 aromatic heterocycles. The molecule has 3 aromatic rings. The van der Waals surface area contributed by atoms with Gasteiger partial charge in [0.1, 0.15) is 0 Å². The lowest BCUT2D eigenvalue weighted by Gasteiger charge is -2.19. The summed E-state index contributed by atoms with van der Waals surface area (Å²) in [7, 11) is 6.37. The molecule has 8 nitrogen and oxygen atoms in total. The number of para-hydroxylation sites is 1. The van der Waals surface area contributed by atoms with Gasteiger partial charge in [-0.05, 0) is 36.8 Å². The van der Waals surface area contributed by atoms with Gasteiger partial charge in [0.05, 0.1) is 37.5 Å². The maximum Gasteiger partial charge on any atom is 0.254 e. The Morgan fingerprint density at radius 1 is 1.00 bits per heavy atom. The number of nitrogens with zero attached hydrogens (tertiary/aromatic N) is 2.